The predicted octanol–water partition coefficient (Wildman–Crippen LogP) is 1.70. The molecule has 19 heavy (non-hydrogen) atoms. The maximum atomic E-state index is 11.7. The van der Waals surface area contributed by atoms with E-state index < -0.39 is 0 Å². The van der Waals surface area contributed by atoms with E-state index in [0.717, 1.165) is 5.56 Å². The van der Waals surface area contributed by atoms with E-state index in [9.17, 15) is 4.79 Å². The van der Waals surface area contributed by atoms with Crippen LogP contribution in [0.1, 0.15) is 12.5 Å². The summed E-state index contributed by atoms with van der Waals surface area (Å²) in [5.41, 5.74) is 0.977. The Morgan fingerprint density at radius 3 is 2.47 bits per heavy atom. The second-order valence-electron chi connectivity index (χ2n) is 4.08. The molecule has 5 nitrogen and oxygen atoms in total. The summed E-state index contributed by atoms with van der Waals surface area (Å²) >= 11 is 0. The highest BCUT2D eigenvalue weighted by Crippen LogP contribution is 2.27. The maximum Gasteiger partial charge on any atom is 0.248 e. The topological polar surface area (TPSA) is 48.0 Å². The fourth-order valence-electron chi connectivity index (χ4n) is 1.64. The normalized spacial score (nSPS) is 10.1. The zero-order valence-electron chi connectivity index (χ0n) is 11.9. The van der Waals surface area contributed by atoms with Gasteiger partial charge >= 0.3 is 0 Å². The molecule has 1 aromatic rings. The summed E-state index contributed by atoms with van der Waals surface area (Å²) in [6.45, 7) is 3.02. The van der Waals surface area contributed by atoms with E-state index in [2.05, 4.69) is 0 Å². The van der Waals surface area contributed by atoms with Crippen LogP contribution in [0.4, 0.5) is 0 Å². The molecule has 0 aliphatic carbocycles. The molecule has 0 spiro atoms. The van der Waals surface area contributed by atoms with Crippen LogP contribution in [0.2, 0.25) is 0 Å². The van der Waals surface area contributed by atoms with E-state index in [1.165, 1.54) is 0 Å². The Bertz CT molecular complexity index is 420. The number of rotatable bonds is 7. The first kappa shape index (κ1) is 15.3. The van der Waals surface area contributed by atoms with Gasteiger partial charge < -0.3 is 19.1 Å². The maximum absolute atomic E-state index is 11.7. The molecule has 1 amide bonds. The lowest BCUT2D eigenvalue weighted by atomic mass is 10.2. The van der Waals surface area contributed by atoms with E-state index in [-0.39, 0.29) is 12.5 Å². The predicted molar refractivity (Wildman–Crippen MR) is 72.5 cm³/mol. The number of methoxy groups -OCH3 is 2. The van der Waals surface area contributed by atoms with Gasteiger partial charge in [0.2, 0.25) is 5.91 Å². The van der Waals surface area contributed by atoms with Crippen molar-refractivity contribution in [3.05, 3.63) is 23.8 Å². The molecule has 0 fully saturated rings. The summed E-state index contributed by atoms with van der Waals surface area (Å²) in [7, 11) is 4.93. The molecule has 1 rings (SSSR count). The van der Waals surface area contributed by atoms with Crippen LogP contribution < -0.4 is 9.47 Å². The van der Waals surface area contributed by atoms with Crippen molar-refractivity contribution in [2.75, 3.05) is 34.5 Å². The third-order valence-electron chi connectivity index (χ3n) is 2.72. The standard InChI is InChI=1S/C14H21NO4/c1-5-19-10-14(16)15(2)9-11-6-7-12(17-3)13(8-11)18-4/h6-8H,5,9-10H2,1-4H3. The number of nitrogens with zero attached hydrogens (tertiary/aromatic N) is 1. The average molecular weight is 267 g/mol. The van der Waals surface area contributed by atoms with Crippen molar-refractivity contribution >= 4 is 5.91 Å². The number of carbonyl (C=O) groups is 1. The molecular formula is C14H21NO4. The van der Waals surface area contributed by atoms with Crippen molar-refractivity contribution < 1.29 is 19.0 Å². The largest absolute Gasteiger partial charge is 0.493 e. The van der Waals surface area contributed by atoms with Crippen LogP contribution in [-0.2, 0) is 16.1 Å². The zero-order valence-corrected chi connectivity index (χ0v) is 11.9. The van der Waals surface area contributed by atoms with Crippen molar-refractivity contribution in [1.82, 2.24) is 4.90 Å². The van der Waals surface area contributed by atoms with Crippen molar-refractivity contribution in [2.45, 2.75) is 13.5 Å². The van der Waals surface area contributed by atoms with Gasteiger partial charge in [0.05, 0.1) is 14.2 Å². The van der Waals surface area contributed by atoms with Gasteiger partial charge in [0, 0.05) is 20.2 Å². The van der Waals surface area contributed by atoms with Gasteiger partial charge in [-0.2, -0.15) is 0 Å². The molecular weight excluding hydrogens is 246 g/mol. The fraction of sp³-hybridized carbons (Fsp3) is 0.500. The van der Waals surface area contributed by atoms with E-state index in [1.54, 1.807) is 26.2 Å². The molecule has 0 atom stereocenters. The van der Waals surface area contributed by atoms with Crippen LogP contribution in [0.25, 0.3) is 0 Å². The summed E-state index contributed by atoms with van der Waals surface area (Å²) in [5, 5.41) is 0. The Hall–Kier alpha value is -1.75. The first-order chi connectivity index (χ1) is 9.12. The van der Waals surface area contributed by atoms with Crippen molar-refractivity contribution in [1.29, 1.82) is 0 Å². The minimum absolute atomic E-state index is 0.0448. The molecule has 5 heteroatoms. The quantitative estimate of drug-likeness (QED) is 0.754. The summed E-state index contributed by atoms with van der Waals surface area (Å²) in [6.07, 6.45) is 0. The van der Waals surface area contributed by atoms with Gasteiger partial charge in [0.25, 0.3) is 0 Å². The van der Waals surface area contributed by atoms with Crippen LogP contribution in [0.3, 0.4) is 0 Å². The molecule has 0 aliphatic rings. The van der Waals surface area contributed by atoms with Crippen LogP contribution >= 0.6 is 0 Å². The highest BCUT2D eigenvalue weighted by Gasteiger charge is 2.11. The minimum atomic E-state index is -0.0448. The summed E-state index contributed by atoms with van der Waals surface area (Å²) in [5.74, 6) is 1.29. The Labute approximate surface area is 114 Å². The van der Waals surface area contributed by atoms with Gasteiger partial charge in [-0.15, -0.1) is 0 Å². The highest BCUT2D eigenvalue weighted by atomic mass is 16.5. The van der Waals surface area contributed by atoms with Gasteiger partial charge in [-0.3, -0.25) is 4.79 Å². The number of ether oxygens (including phenoxy) is 3. The molecule has 0 heterocycles. The lowest BCUT2D eigenvalue weighted by Crippen LogP contribution is -2.29. The van der Waals surface area contributed by atoms with Crippen LogP contribution in [0.5, 0.6) is 11.5 Å². The second kappa shape index (κ2) is 7.63. The number of hydrogen-bond acceptors (Lipinski definition) is 4. The summed E-state index contributed by atoms with van der Waals surface area (Å²) in [4.78, 5) is 13.4. The lowest BCUT2D eigenvalue weighted by molar-refractivity contribution is -0.135. The van der Waals surface area contributed by atoms with E-state index >= 15 is 0 Å². The molecule has 0 bridgehead atoms. The van der Waals surface area contributed by atoms with Crippen molar-refractivity contribution in [3.63, 3.8) is 0 Å². The molecule has 0 aliphatic heterocycles. The summed E-state index contributed by atoms with van der Waals surface area (Å²) in [6, 6.07) is 5.60. The Kier molecular flexibility index (Phi) is 6.15. The third-order valence-corrected chi connectivity index (χ3v) is 2.72. The number of hydrogen-bond donors (Lipinski definition) is 0. The Morgan fingerprint density at radius 1 is 1.21 bits per heavy atom. The second-order valence-corrected chi connectivity index (χ2v) is 4.08. The number of benzene rings is 1. The molecule has 106 valence electrons. The molecule has 1 aromatic carbocycles. The van der Waals surface area contributed by atoms with E-state index in [1.807, 2.05) is 25.1 Å². The summed E-state index contributed by atoms with van der Waals surface area (Å²) < 4.78 is 15.5. The molecule has 0 unspecified atom stereocenters. The van der Waals surface area contributed by atoms with E-state index in [0.29, 0.717) is 24.7 Å². The monoisotopic (exact) mass is 267 g/mol. The molecule has 0 aromatic heterocycles. The van der Waals surface area contributed by atoms with Gasteiger partial charge in [-0.05, 0) is 24.6 Å². The Balaban J connectivity index is 2.68. The number of amides is 1. The van der Waals surface area contributed by atoms with Crippen LogP contribution in [-0.4, -0.2) is 45.3 Å². The van der Waals surface area contributed by atoms with Gasteiger partial charge in [-0.1, -0.05) is 6.07 Å². The number of carbonyl (C=O) groups excluding carboxylic acids is 1. The third kappa shape index (κ3) is 4.44. The molecule has 0 N–H and O–H groups in total. The van der Waals surface area contributed by atoms with E-state index in [4.69, 9.17) is 14.2 Å². The first-order valence-corrected chi connectivity index (χ1v) is 6.15. The highest BCUT2D eigenvalue weighted by molar-refractivity contribution is 5.77. The smallest absolute Gasteiger partial charge is 0.248 e. The van der Waals surface area contributed by atoms with Crippen LogP contribution in [0.15, 0.2) is 18.2 Å². The van der Waals surface area contributed by atoms with Gasteiger partial charge in [0.15, 0.2) is 11.5 Å². The molecule has 0 radical (unpaired) electrons. The Morgan fingerprint density at radius 2 is 1.89 bits per heavy atom. The zero-order chi connectivity index (χ0) is 14.3. The van der Waals surface area contributed by atoms with Gasteiger partial charge in [-0.25, -0.2) is 0 Å². The molecule has 0 saturated heterocycles. The number of likely N-dealkylation sites (N-methyl/N-ethyl adjacent to an activating group) is 1. The fourth-order valence-corrected chi connectivity index (χ4v) is 1.64. The van der Waals surface area contributed by atoms with Crippen molar-refractivity contribution in [2.24, 2.45) is 0 Å². The average Bonchev–Trinajstić information content (AvgIpc) is 2.44. The molecule has 0 saturated carbocycles. The first-order valence-electron chi connectivity index (χ1n) is 6.15. The lowest BCUT2D eigenvalue weighted by Gasteiger charge is -2.18. The van der Waals surface area contributed by atoms with Crippen LogP contribution in [0, 0.1) is 0 Å². The van der Waals surface area contributed by atoms with Gasteiger partial charge in [0.1, 0.15) is 6.61 Å². The SMILES string of the molecule is CCOCC(=O)N(C)Cc1ccc(OC)c(OC)c1. The van der Waals surface area contributed by atoms with Crippen molar-refractivity contribution in [3.8, 4) is 11.5 Å². The minimum Gasteiger partial charge on any atom is -0.493 e.